The topological polar surface area (TPSA) is 20.2 Å². The Bertz CT molecular complexity index is 237. The van der Waals surface area contributed by atoms with Gasteiger partial charge in [0, 0.05) is 14.7 Å². The fourth-order valence-corrected chi connectivity index (χ4v) is 6.87. The Labute approximate surface area is 109 Å². The predicted molar refractivity (Wildman–Crippen MR) is 84.6 cm³/mol. The lowest BCUT2D eigenvalue weighted by Crippen LogP contribution is -2.29. The van der Waals surface area contributed by atoms with Gasteiger partial charge in [0.25, 0.3) is 0 Å². The fourth-order valence-electron chi connectivity index (χ4n) is 2.11. The van der Waals surface area contributed by atoms with Gasteiger partial charge in [-0.3, -0.25) is 0 Å². The van der Waals surface area contributed by atoms with Crippen LogP contribution in [-0.4, -0.2) is 27.9 Å². The Hall–Kier alpha value is -0.386. The normalized spacial score (nSPS) is 12.2. The molecule has 98 valence electrons. The number of rotatable bonds is 10. The molecule has 0 aromatic rings. The first-order valence-corrected chi connectivity index (χ1v) is 12.3. The summed E-state index contributed by atoms with van der Waals surface area (Å²) in [7, 11) is -2.69. The van der Waals surface area contributed by atoms with Crippen LogP contribution < -0.4 is 0 Å². The molecule has 0 rings (SSSR count). The Morgan fingerprint density at radius 3 is 1.76 bits per heavy atom. The molecular formula is C14H28OSi2. The maximum absolute atomic E-state index is 8.89. The van der Waals surface area contributed by atoms with E-state index in [-0.39, 0.29) is 0 Å². The van der Waals surface area contributed by atoms with Gasteiger partial charge in [-0.15, -0.1) is 19.7 Å². The van der Waals surface area contributed by atoms with Crippen LogP contribution in [0.5, 0.6) is 0 Å². The molecule has 0 spiro atoms. The molecule has 0 heterocycles. The zero-order valence-corrected chi connectivity index (χ0v) is 13.5. The summed E-state index contributed by atoms with van der Waals surface area (Å²) in [4.78, 5) is 0. The minimum absolute atomic E-state index is 0.334. The zero-order valence-electron chi connectivity index (χ0n) is 11.5. The van der Waals surface area contributed by atoms with E-state index in [1.54, 1.807) is 0 Å². The number of aliphatic hydroxyl groups is 1. The average Bonchev–Trinajstić information content (AvgIpc) is 2.33. The van der Waals surface area contributed by atoms with Gasteiger partial charge >= 0.3 is 0 Å². The predicted octanol–water partition coefficient (Wildman–Crippen LogP) is 4.09. The standard InChI is InChI=1S/C14H28OSi2/c1-6-17(7-2,8-3)14-10-13-16(4,5)12-9-11-15/h6-8,15H,1-3,9-14H2,4-5H3. The van der Waals surface area contributed by atoms with Crippen molar-refractivity contribution < 1.29 is 5.11 Å². The monoisotopic (exact) mass is 268 g/mol. The molecule has 0 aliphatic carbocycles. The SMILES string of the molecule is C=C[Si](C=C)(C=C)CCC[Si](C)(C)CCCO. The van der Waals surface area contributed by atoms with Crippen molar-refractivity contribution in [1.82, 2.24) is 0 Å². The van der Waals surface area contributed by atoms with Gasteiger partial charge in [0.15, 0.2) is 0 Å². The van der Waals surface area contributed by atoms with Crippen LogP contribution in [0, 0.1) is 0 Å². The molecule has 1 N–H and O–H groups in total. The van der Waals surface area contributed by atoms with E-state index in [2.05, 4.69) is 49.9 Å². The molecule has 0 aliphatic rings. The summed E-state index contributed by atoms with van der Waals surface area (Å²) in [5.41, 5.74) is 6.24. The molecule has 0 amide bonds. The number of aliphatic hydroxyl groups excluding tert-OH is 1. The molecule has 0 unspecified atom stereocenters. The van der Waals surface area contributed by atoms with Gasteiger partial charge in [-0.25, -0.2) is 0 Å². The quantitative estimate of drug-likeness (QED) is 0.592. The van der Waals surface area contributed by atoms with Gasteiger partial charge in [-0.05, 0) is 12.5 Å². The van der Waals surface area contributed by atoms with Gasteiger partial charge in [0.05, 0.1) is 0 Å². The van der Waals surface area contributed by atoms with Crippen LogP contribution in [0.3, 0.4) is 0 Å². The van der Waals surface area contributed by atoms with Crippen molar-refractivity contribution in [3.8, 4) is 0 Å². The van der Waals surface area contributed by atoms with Crippen molar-refractivity contribution in [3.05, 3.63) is 36.8 Å². The summed E-state index contributed by atoms with van der Waals surface area (Å²) in [6.45, 7) is 17.0. The summed E-state index contributed by atoms with van der Waals surface area (Å²) < 4.78 is 0. The minimum atomic E-state index is -1.58. The van der Waals surface area contributed by atoms with Crippen molar-refractivity contribution in [1.29, 1.82) is 0 Å². The third-order valence-corrected chi connectivity index (χ3v) is 10.5. The highest BCUT2D eigenvalue weighted by Crippen LogP contribution is 2.24. The molecular weight excluding hydrogens is 240 g/mol. The van der Waals surface area contributed by atoms with E-state index in [9.17, 15) is 0 Å². The Morgan fingerprint density at radius 1 is 0.882 bits per heavy atom. The van der Waals surface area contributed by atoms with E-state index in [1.807, 2.05) is 0 Å². The number of hydrogen-bond acceptors (Lipinski definition) is 1. The maximum Gasteiger partial charge on any atom is 0.124 e. The van der Waals surface area contributed by atoms with Crippen LogP contribution in [-0.2, 0) is 0 Å². The molecule has 0 aromatic carbocycles. The third-order valence-electron chi connectivity index (χ3n) is 3.62. The van der Waals surface area contributed by atoms with Crippen LogP contribution in [0.4, 0.5) is 0 Å². The van der Waals surface area contributed by atoms with Crippen molar-refractivity contribution in [2.45, 2.75) is 44.1 Å². The molecule has 0 atom stereocenters. The third kappa shape index (κ3) is 6.19. The summed E-state index contributed by atoms with van der Waals surface area (Å²) in [5, 5.41) is 8.89. The second kappa shape index (κ2) is 7.85. The van der Waals surface area contributed by atoms with Gasteiger partial charge < -0.3 is 5.11 Å². The lowest BCUT2D eigenvalue weighted by molar-refractivity contribution is 0.294. The second-order valence-corrected chi connectivity index (χ2v) is 14.8. The largest absolute Gasteiger partial charge is 0.396 e. The Morgan fingerprint density at radius 2 is 1.35 bits per heavy atom. The Kier molecular flexibility index (Phi) is 7.67. The van der Waals surface area contributed by atoms with E-state index in [0.717, 1.165) is 6.42 Å². The van der Waals surface area contributed by atoms with E-state index < -0.39 is 16.1 Å². The summed E-state index contributed by atoms with van der Waals surface area (Å²) >= 11 is 0. The lowest BCUT2D eigenvalue weighted by Gasteiger charge is -2.25. The molecule has 0 saturated carbocycles. The second-order valence-electron chi connectivity index (χ2n) is 5.57. The first-order valence-electron chi connectivity index (χ1n) is 6.47. The van der Waals surface area contributed by atoms with Crippen LogP contribution in [0.2, 0.25) is 31.2 Å². The summed E-state index contributed by atoms with van der Waals surface area (Å²) in [6, 6.07) is 3.75. The molecule has 0 aromatic heterocycles. The van der Waals surface area contributed by atoms with Gasteiger partial charge in [0.2, 0.25) is 0 Å². The van der Waals surface area contributed by atoms with Crippen molar-refractivity contribution in [2.24, 2.45) is 0 Å². The van der Waals surface area contributed by atoms with Gasteiger partial charge in [-0.2, -0.15) is 0 Å². The highest BCUT2D eigenvalue weighted by molar-refractivity contribution is 6.93. The molecule has 17 heavy (non-hydrogen) atoms. The summed E-state index contributed by atoms with van der Waals surface area (Å²) in [5.74, 6) is 0. The molecule has 0 radical (unpaired) electrons. The zero-order chi connectivity index (χ0) is 13.4. The van der Waals surface area contributed by atoms with Gasteiger partial charge in [0.1, 0.15) is 8.07 Å². The smallest absolute Gasteiger partial charge is 0.124 e. The first-order chi connectivity index (χ1) is 7.95. The molecule has 3 heteroatoms. The molecule has 0 bridgehead atoms. The molecule has 0 aliphatic heterocycles. The molecule has 1 nitrogen and oxygen atoms in total. The highest BCUT2D eigenvalue weighted by Gasteiger charge is 2.24. The van der Waals surface area contributed by atoms with E-state index in [4.69, 9.17) is 5.11 Å². The first kappa shape index (κ1) is 16.6. The van der Waals surface area contributed by atoms with Crippen LogP contribution in [0.15, 0.2) is 36.8 Å². The van der Waals surface area contributed by atoms with E-state index in [0.29, 0.717) is 6.61 Å². The highest BCUT2D eigenvalue weighted by atomic mass is 28.3. The van der Waals surface area contributed by atoms with E-state index >= 15 is 0 Å². The number of hydrogen-bond donors (Lipinski definition) is 1. The van der Waals surface area contributed by atoms with Crippen molar-refractivity contribution in [3.63, 3.8) is 0 Å². The molecule has 0 fully saturated rings. The van der Waals surface area contributed by atoms with Crippen LogP contribution >= 0.6 is 0 Å². The maximum atomic E-state index is 8.89. The van der Waals surface area contributed by atoms with Gasteiger partial charge in [-0.1, -0.05) is 48.7 Å². The van der Waals surface area contributed by atoms with Crippen LogP contribution in [0.25, 0.3) is 0 Å². The van der Waals surface area contributed by atoms with Crippen LogP contribution in [0.1, 0.15) is 12.8 Å². The summed E-state index contributed by atoms with van der Waals surface area (Å²) in [6.07, 6.45) is 2.22. The molecule has 0 saturated heterocycles. The average molecular weight is 269 g/mol. The van der Waals surface area contributed by atoms with Crippen molar-refractivity contribution in [2.75, 3.05) is 6.61 Å². The fraction of sp³-hybridized carbons (Fsp3) is 0.571. The Balaban J connectivity index is 4.16. The van der Waals surface area contributed by atoms with E-state index in [1.165, 1.54) is 24.6 Å². The lowest BCUT2D eigenvalue weighted by atomic mass is 10.5. The van der Waals surface area contributed by atoms with Crippen molar-refractivity contribution >= 4 is 16.1 Å². The minimum Gasteiger partial charge on any atom is -0.396 e.